The summed E-state index contributed by atoms with van der Waals surface area (Å²) in [5, 5.41) is 7.00. The Morgan fingerprint density at radius 2 is 1.77 bits per heavy atom. The van der Waals surface area contributed by atoms with Crippen molar-refractivity contribution < 1.29 is 18.5 Å². The molecule has 0 aliphatic carbocycles. The molecule has 0 bridgehead atoms. The molecule has 3 aromatic carbocycles. The summed E-state index contributed by atoms with van der Waals surface area (Å²) in [5.74, 6) is -0.00972. The third kappa shape index (κ3) is 6.10. The SMILES string of the molecule is CN(CCc1noc(-c2ccc(C(=O)NCc3ccc(F)cc3Cl)cc2)n1)C(=O)c1ccccc1. The number of carbonyl (C=O) groups excluding carboxylic acids is 2. The van der Waals surface area contributed by atoms with E-state index in [-0.39, 0.29) is 23.4 Å². The van der Waals surface area contributed by atoms with Crippen LogP contribution in [0, 0.1) is 5.82 Å². The molecule has 7 nitrogen and oxygen atoms in total. The smallest absolute Gasteiger partial charge is 0.257 e. The fourth-order valence-corrected chi connectivity index (χ4v) is 3.58. The molecule has 0 saturated heterocycles. The van der Waals surface area contributed by atoms with Gasteiger partial charge in [-0.15, -0.1) is 0 Å². The molecule has 4 rings (SSSR count). The van der Waals surface area contributed by atoms with Crippen LogP contribution in [0.5, 0.6) is 0 Å². The summed E-state index contributed by atoms with van der Waals surface area (Å²) >= 11 is 6.00. The molecule has 0 aliphatic heterocycles. The van der Waals surface area contributed by atoms with E-state index in [2.05, 4.69) is 15.5 Å². The Balaban J connectivity index is 1.32. The molecule has 1 N–H and O–H groups in total. The van der Waals surface area contributed by atoms with Gasteiger partial charge in [0, 0.05) is 48.3 Å². The molecular weight excluding hydrogens is 471 g/mol. The van der Waals surface area contributed by atoms with Gasteiger partial charge in [0.2, 0.25) is 0 Å². The zero-order chi connectivity index (χ0) is 24.8. The lowest BCUT2D eigenvalue weighted by atomic mass is 10.1. The molecule has 2 amide bonds. The highest BCUT2D eigenvalue weighted by atomic mass is 35.5. The molecule has 0 radical (unpaired) electrons. The van der Waals surface area contributed by atoms with Crippen molar-refractivity contribution in [1.29, 1.82) is 0 Å². The standard InChI is InChI=1S/C26H22ClFN4O3/c1-32(26(34)19-5-3-2-4-6-19)14-13-23-30-25(35-31-23)18-9-7-17(8-10-18)24(33)29-16-20-11-12-21(28)15-22(20)27/h2-12,15H,13-14,16H2,1H3,(H,29,33). The number of halogens is 2. The van der Waals surface area contributed by atoms with Crippen molar-refractivity contribution in [3.05, 3.63) is 106 Å². The highest BCUT2D eigenvalue weighted by molar-refractivity contribution is 6.31. The van der Waals surface area contributed by atoms with Crippen LogP contribution in [0.4, 0.5) is 4.39 Å². The van der Waals surface area contributed by atoms with E-state index >= 15 is 0 Å². The van der Waals surface area contributed by atoms with Gasteiger partial charge in [-0.25, -0.2) is 4.39 Å². The Bertz CT molecular complexity index is 1330. The summed E-state index contributed by atoms with van der Waals surface area (Å²) in [4.78, 5) is 30.9. The van der Waals surface area contributed by atoms with E-state index in [9.17, 15) is 14.0 Å². The van der Waals surface area contributed by atoms with Crippen molar-refractivity contribution in [1.82, 2.24) is 20.4 Å². The number of nitrogens with zero attached hydrogens (tertiary/aromatic N) is 3. The van der Waals surface area contributed by atoms with Crippen molar-refractivity contribution >= 4 is 23.4 Å². The second-order valence-electron chi connectivity index (χ2n) is 7.85. The molecule has 0 saturated carbocycles. The van der Waals surface area contributed by atoms with Gasteiger partial charge < -0.3 is 14.7 Å². The minimum atomic E-state index is -0.433. The van der Waals surface area contributed by atoms with Gasteiger partial charge in [-0.3, -0.25) is 9.59 Å². The lowest BCUT2D eigenvalue weighted by Crippen LogP contribution is -2.29. The van der Waals surface area contributed by atoms with Gasteiger partial charge in [0.25, 0.3) is 17.7 Å². The topological polar surface area (TPSA) is 88.3 Å². The number of hydrogen-bond acceptors (Lipinski definition) is 5. The average Bonchev–Trinajstić information content (AvgIpc) is 3.36. The Labute approximate surface area is 206 Å². The molecule has 0 aliphatic rings. The van der Waals surface area contributed by atoms with E-state index in [0.29, 0.717) is 46.9 Å². The number of likely N-dealkylation sites (N-methyl/N-ethyl adjacent to an activating group) is 1. The van der Waals surface area contributed by atoms with Gasteiger partial charge >= 0.3 is 0 Å². The Hall–Kier alpha value is -4.04. The molecular formula is C26H22ClFN4O3. The van der Waals surface area contributed by atoms with Crippen LogP contribution in [0.2, 0.25) is 5.02 Å². The third-order valence-corrected chi connectivity index (χ3v) is 5.71. The minimum absolute atomic E-state index is 0.0788. The summed E-state index contributed by atoms with van der Waals surface area (Å²) in [6.45, 7) is 0.609. The second-order valence-corrected chi connectivity index (χ2v) is 8.26. The fraction of sp³-hybridized carbons (Fsp3) is 0.154. The van der Waals surface area contributed by atoms with Crippen molar-refractivity contribution in [2.24, 2.45) is 0 Å². The number of benzene rings is 3. The lowest BCUT2D eigenvalue weighted by molar-refractivity contribution is 0.0795. The molecule has 35 heavy (non-hydrogen) atoms. The first kappa shape index (κ1) is 24.1. The average molecular weight is 493 g/mol. The van der Waals surface area contributed by atoms with Crippen molar-refractivity contribution in [3.8, 4) is 11.5 Å². The maximum atomic E-state index is 13.2. The first-order valence-electron chi connectivity index (χ1n) is 10.9. The highest BCUT2D eigenvalue weighted by Crippen LogP contribution is 2.19. The van der Waals surface area contributed by atoms with Crippen LogP contribution in [-0.4, -0.2) is 40.4 Å². The number of carbonyl (C=O) groups is 2. The van der Waals surface area contributed by atoms with E-state index in [0.717, 1.165) is 0 Å². The summed E-state index contributed by atoms with van der Waals surface area (Å²) < 4.78 is 18.5. The molecule has 0 spiro atoms. The van der Waals surface area contributed by atoms with Crippen molar-refractivity contribution in [2.75, 3.05) is 13.6 Å². The molecule has 1 aromatic heterocycles. The molecule has 4 aromatic rings. The van der Waals surface area contributed by atoms with Gasteiger partial charge in [0.15, 0.2) is 5.82 Å². The van der Waals surface area contributed by atoms with Crippen LogP contribution in [0.15, 0.2) is 77.3 Å². The summed E-state index contributed by atoms with van der Waals surface area (Å²) in [7, 11) is 1.73. The zero-order valence-corrected chi connectivity index (χ0v) is 19.6. The van der Waals surface area contributed by atoms with E-state index in [1.807, 2.05) is 18.2 Å². The maximum Gasteiger partial charge on any atom is 0.257 e. The predicted molar refractivity (Wildman–Crippen MR) is 129 cm³/mol. The van der Waals surface area contributed by atoms with Gasteiger partial charge in [-0.2, -0.15) is 4.98 Å². The normalized spacial score (nSPS) is 10.7. The van der Waals surface area contributed by atoms with Gasteiger partial charge in [0.1, 0.15) is 5.82 Å². The number of hydrogen-bond donors (Lipinski definition) is 1. The molecule has 1 heterocycles. The van der Waals surface area contributed by atoms with E-state index in [1.165, 1.54) is 18.2 Å². The number of amides is 2. The predicted octanol–water partition coefficient (Wildman–Crippen LogP) is 4.77. The van der Waals surface area contributed by atoms with E-state index < -0.39 is 5.82 Å². The van der Waals surface area contributed by atoms with Gasteiger partial charge in [-0.05, 0) is 54.1 Å². The quantitative estimate of drug-likeness (QED) is 0.382. The van der Waals surface area contributed by atoms with Crippen LogP contribution in [-0.2, 0) is 13.0 Å². The number of aromatic nitrogens is 2. The monoisotopic (exact) mass is 492 g/mol. The Morgan fingerprint density at radius 3 is 2.49 bits per heavy atom. The molecule has 9 heteroatoms. The Morgan fingerprint density at radius 1 is 1.03 bits per heavy atom. The largest absolute Gasteiger partial charge is 0.348 e. The first-order chi connectivity index (χ1) is 16.9. The Kier molecular flexibility index (Phi) is 7.52. The molecule has 178 valence electrons. The summed E-state index contributed by atoms with van der Waals surface area (Å²) in [6.07, 6.45) is 0.436. The van der Waals surface area contributed by atoms with Crippen LogP contribution < -0.4 is 5.32 Å². The molecule has 0 atom stereocenters. The zero-order valence-electron chi connectivity index (χ0n) is 18.9. The van der Waals surface area contributed by atoms with Crippen LogP contribution >= 0.6 is 11.6 Å². The molecule has 0 unspecified atom stereocenters. The maximum absolute atomic E-state index is 13.2. The van der Waals surface area contributed by atoms with Crippen molar-refractivity contribution in [3.63, 3.8) is 0 Å². The lowest BCUT2D eigenvalue weighted by Gasteiger charge is -2.15. The van der Waals surface area contributed by atoms with Gasteiger partial charge in [0.05, 0.1) is 0 Å². The number of nitrogens with one attached hydrogen (secondary N) is 1. The van der Waals surface area contributed by atoms with Crippen LogP contribution in [0.25, 0.3) is 11.5 Å². The second kappa shape index (κ2) is 10.9. The van der Waals surface area contributed by atoms with Crippen molar-refractivity contribution in [2.45, 2.75) is 13.0 Å². The number of rotatable bonds is 8. The van der Waals surface area contributed by atoms with E-state index in [4.69, 9.17) is 16.1 Å². The minimum Gasteiger partial charge on any atom is -0.348 e. The van der Waals surface area contributed by atoms with Gasteiger partial charge in [-0.1, -0.05) is 41.0 Å². The summed E-state index contributed by atoms with van der Waals surface area (Å²) in [6, 6.07) is 19.8. The summed E-state index contributed by atoms with van der Waals surface area (Å²) in [5.41, 5.74) is 2.34. The highest BCUT2D eigenvalue weighted by Gasteiger charge is 2.15. The van der Waals surface area contributed by atoms with Crippen LogP contribution in [0.1, 0.15) is 32.1 Å². The molecule has 0 fully saturated rings. The van der Waals surface area contributed by atoms with Crippen LogP contribution in [0.3, 0.4) is 0 Å². The third-order valence-electron chi connectivity index (χ3n) is 5.35. The van der Waals surface area contributed by atoms with E-state index in [1.54, 1.807) is 48.3 Å². The fourth-order valence-electron chi connectivity index (χ4n) is 3.35. The first-order valence-corrected chi connectivity index (χ1v) is 11.2.